The molecule has 0 spiro atoms. The summed E-state index contributed by atoms with van der Waals surface area (Å²) in [7, 11) is 3.44. The van der Waals surface area contributed by atoms with Crippen molar-refractivity contribution in [2.45, 2.75) is 12.6 Å². The van der Waals surface area contributed by atoms with E-state index >= 15 is 0 Å². The molecule has 0 aromatic carbocycles. The minimum absolute atomic E-state index is 0.339. The monoisotopic (exact) mass is 200 g/mol. The molecule has 0 aliphatic heterocycles. The van der Waals surface area contributed by atoms with Gasteiger partial charge in [-0.1, -0.05) is 0 Å². The van der Waals surface area contributed by atoms with Crippen molar-refractivity contribution in [3.8, 4) is 0 Å². The van der Waals surface area contributed by atoms with E-state index in [9.17, 15) is 5.11 Å². The van der Waals surface area contributed by atoms with E-state index < -0.39 is 6.10 Å². The summed E-state index contributed by atoms with van der Waals surface area (Å²) in [6.07, 6.45) is 1.16. The second kappa shape index (κ2) is 5.69. The molecular weight excluding hydrogens is 184 g/mol. The fourth-order valence-electron chi connectivity index (χ4n) is 1.07. The van der Waals surface area contributed by atoms with Gasteiger partial charge >= 0.3 is 0 Å². The van der Waals surface area contributed by atoms with E-state index in [1.165, 1.54) is 0 Å². The minimum Gasteiger partial charge on any atom is -0.389 e. The van der Waals surface area contributed by atoms with Crippen LogP contribution in [-0.4, -0.2) is 46.2 Å². The number of aliphatic hydroxyl groups excluding tert-OH is 1. The Balaban J connectivity index is 2.19. The largest absolute Gasteiger partial charge is 0.389 e. The lowest BCUT2D eigenvalue weighted by molar-refractivity contribution is 0.0642. The van der Waals surface area contributed by atoms with Crippen LogP contribution < -0.4 is 5.32 Å². The fraction of sp³-hybridized carbons (Fsp3) is 0.750. The summed E-state index contributed by atoms with van der Waals surface area (Å²) in [6.45, 7) is 1.42. The van der Waals surface area contributed by atoms with Crippen LogP contribution in [0.25, 0.3) is 0 Å². The summed E-state index contributed by atoms with van der Waals surface area (Å²) >= 11 is 0. The number of nitrogens with one attached hydrogen (secondary N) is 1. The van der Waals surface area contributed by atoms with Gasteiger partial charge in [-0.3, -0.25) is 0 Å². The Kier molecular flexibility index (Phi) is 4.51. The van der Waals surface area contributed by atoms with Gasteiger partial charge in [-0.15, -0.1) is 10.2 Å². The highest BCUT2D eigenvalue weighted by atomic mass is 16.5. The summed E-state index contributed by atoms with van der Waals surface area (Å²) in [5.74, 6) is 0.842. The van der Waals surface area contributed by atoms with Crippen LogP contribution >= 0.6 is 0 Å². The third-order valence-corrected chi connectivity index (χ3v) is 1.83. The van der Waals surface area contributed by atoms with Crippen LogP contribution in [0.2, 0.25) is 0 Å². The predicted octanol–water partition coefficient (Wildman–Crippen LogP) is -1.09. The first-order valence-corrected chi connectivity index (χ1v) is 4.44. The molecule has 0 amide bonds. The van der Waals surface area contributed by atoms with Crippen LogP contribution in [0.3, 0.4) is 0 Å². The first-order valence-electron chi connectivity index (χ1n) is 4.44. The van der Waals surface area contributed by atoms with Crippen LogP contribution in [0, 0.1) is 0 Å². The summed E-state index contributed by atoms with van der Waals surface area (Å²) in [6, 6.07) is 0. The Morgan fingerprint density at radius 2 is 2.50 bits per heavy atom. The summed E-state index contributed by atoms with van der Waals surface area (Å²) in [5, 5.41) is 20.0. The fourth-order valence-corrected chi connectivity index (χ4v) is 1.07. The number of nitrogens with zero attached hydrogens (tertiary/aromatic N) is 3. The van der Waals surface area contributed by atoms with Gasteiger partial charge in [-0.05, 0) is 0 Å². The SMILES string of the molecule is COCC(O)CNCc1nncn1C. The average Bonchev–Trinajstić information content (AvgIpc) is 2.52. The Morgan fingerprint density at radius 1 is 1.71 bits per heavy atom. The lowest BCUT2D eigenvalue weighted by Crippen LogP contribution is -2.30. The first-order chi connectivity index (χ1) is 6.74. The topological polar surface area (TPSA) is 72.2 Å². The molecule has 1 unspecified atom stereocenters. The van der Waals surface area contributed by atoms with E-state index in [0.717, 1.165) is 5.82 Å². The van der Waals surface area contributed by atoms with E-state index in [2.05, 4.69) is 15.5 Å². The van der Waals surface area contributed by atoms with E-state index in [4.69, 9.17) is 4.74 Å². The van der Waals surface area contributed by atoms with Crippen LogP contribution in [0.15, 0.2) is 6.33 Å². The van der Waals surface area contributed by atoms with Gasteiger partial charge < -0.3 is 19.7 Å². The van der Waals surface area contributed by atoms with Gasteiger partial charge in [0, 0.05) is 20.7 Å². The zero-order valence-electron chi connectivity index (χ0n) is 8.47. The zero-order chi connectivity index (χ0) is 10.4. The Morgan fingerprint density at radius 3 is 3.07 bits per heavy atom. The van der Waals surface area contributed by atoms with Gasteiger partial charge in [-0.25, -0.2) is 0 Å². The molecule has 1 aromatic heterocycles. The molecule has 0 saturated carbocycles. The average molecular weight is 200 g/mol. The molecule has 6 heteroatoms. The van der Waals surface area contributed by atoms with Crippen LogP contribution in [0.4, 0.5) is 0 Å². The van der Waals surface area contributed by atoms with Crippen molar-refractivity contribution in [3.05, 3.63) is 12.2 Å². The highest BCUT2D eigenvalue weighted by Crippen LogP contribution is 1.90. The maximum atomic E-state index is 9.32. The lowest BCUT2D eigenvalue weighted by Gasteiger charge is -2.09. The van der Waals surface area contributed by atoms with Gasteiger partial charge in [0.05, 0.1) is 19.3 Å². The quantitative estimate of drug-likeness (QED) is 0.610. The van der Waals surface area contributed by atoms with Gasteiger partial charge in [0.15, 0.2) is 0 Å². The molecule has 6 nitrogen and oxygen atoms in total. The van der Waals surface area contributed by atoms with Crippen molar-refractivity contribution in [3.63, 3.8) is 0 Å². The van der Waals surface area contributed by atoms with E-state index in [1.54, 1.807) is 13.4 Å². The normalized spacial score (nSPS) is 13.1. The number of methoxy groups -OCH3 is 1. The number of aryl methyl sites for hydroxylation is 1. The van der Waals surface area contributed by atoms with Crippen molar-refractivity contribution in [1.82, 2.24) is 20.1 Å². The van der Waals surface area contributed by atoms with Crippen LogP contribution in [0.5, 0.6) is 0 Å². The third-order valence-electron chi connectivity index (χ3n) is 1.83. The standard InChI is InChI=1S/C8H16N4O2/c1-12-6-10-11-8(12)4-9-3-7(13)5-14-2/h6-7,9,13H,3-5H2,1-2H3. The molecular formula is C8H16N4O2. The van der Waals surface area contributed by atoms with Gasteiger partial charge in [0.1, 0.15) is 12.2 Å². The second-order valence-corrected chi connectivity index (χ2v) is 3.10. The van der Waals surface area contributed by atoms with E-state index in [0.29, 0.717) is 19.7 Å². The third kappa shape index (κ3) is 3.41. The minimum atomic E-state index is -0.478. The number of aliphatic hydroxyl groups is 1. The van der Waals surface area contributed by atoms with Crippen LogP contribution in [-0.2, 0) is 18.3 Å². The molecule has 2 N–H and O–H groups in total. The first kappa shape index (κ1) is 11.1. The number of hydrogen-bond donors (Lipinski definition) is 2. The molecule has 1 rings (SSSR count). The highest BCUT2D eigenvalue weighted by molar-refractivity contribution is 4.83. The van der Waals surface area contributed by atoms with Crippen molar-refractivity contribution < 1.29 is 9.84 Å². The summed E-state index contributed by atoms with van der Waals surface area (Å²) < 4.78 is 6.62. The number of ether oxygens (including phenoxy) is 1. The molecule has 1 heterocycles. The smallest absolute Gasteiger partial charge is 0.146 e. The van der Waals surface area contributed by atoms with Gasteiger partial charge in [-0.2, -0.15) is 0 Å². The van der Waals surface area contributed by atoms with Gasteiger partial charge in [0.25, 0.3) is 0 Å². The molecule has 0 fully saturated rings. The summed E-state index contributed by atoms with van der Waals surface area (Å²) in [5.41, 5.74) is 0. The Hall–Kier alpha value is -0.980. The van der Waals surface area contributed by atoms with Crippen molar-refractivity contribution in [2.24, 2.45) is 7.05 Å². The van der Waals surface area contributed by atoms with E-state index in [-0.39, 0.29) is 0 Å². The number of rotatable bonds is 6. The van der Waals surface area contributed by atoms with Gasteiger partial charge in [0.2, 0.25) is 0 Å². The second-order valence-electron chi connectivity index (χ2n) is 3.10. The maximum Gasteiger partial charge on any atom is 0.146 e. The lowest BCUT2D eigenvalue weighted by atomic mass is 10.4. The molecule has 0 aliphatic rings. The molecule has 14 heavy (non-hydrogen) atoms. The highest BCUT2D eigenvalue weighted by Gasteiger charge is 2.04. The molecule has 0 aliphatic carbocycles. The molecule has 1 aromatic rings. The maximum absolute atomic E-state index is 9.32. The van der Waals surface area contributed by atoms with Crippen molar-refractivity contribution in [2.75, 3.05) is 20.3 Å². The Bertz CT molecular complexity index is 264. The van der Waals surface area contributed by atoms with Crippen molar-refractivity contribution >= 4 is 0 Å². The molecule has 0 radical (unpaired) electrons. The molecule has 80 valence electrons. The summed E-state index contributed by atoms with van der Waals surface area (Å²) in [4.78, 5) is 0. The molecule has 0 bridgehead atoms. The van der Waals surface area contributed by atoms with Crippen LogP contribution in [0.1, 0.15) is 5.82 Å². The number of aromatic nitrogens is 3. The molecule has 1 atom stereocenters. The van der Waals surface area contributed by atoms with Crippen molar-refractivity contribution in [1.29, 1.82) is 0 Å². The molecule has 0 saturated heterocycles. The Labute approximate surface area is 82.9 Å². The number of hydrogen-bond acceptors (Lipinski definition) is 5. The van der Waals surface area contributed by atoms with E-state index in [1.807, 2.05) is 11.6 Å². The zero-order valence-corrected chi connectivity index (χ0v) is 8.47. The predicted molar refractivity (Wildman–Crippen MR) is 50.6 cm³/mol.